The zero-order chi connectivity index (χ0) is 12.6. The Morgan fingerprint density at radius 2 is 2.12 bits per heavy atom. The minimum atomic E-state index is -3.06. The fourth-order valence-electron chi connectivity index (χ4n) is 0.921. The maximum absolute atomic E-state index is 12.5. The fourth-order valence-corrected chi connectivity index (χ4v) is 6.75. The lowest BCUT2D eigenvalue weighted by atomic mass is 10.4. The van der Waals surface area contributed by atoms with E-state index in [0.29, 0.717) is 18.9 Å². The van der Waals surface area contributed by atoms with E-state index in [1.807, 2.05) is 20.1 Å². The monoisotopic (exact) mass is 285 g/mol. The highest BCUT2D eigenvalue weighted by Crippen LogP contribution is 2.64. The summed E-state index contributed by atoms with van der Waals surface area (Å²) in [6, 6.07) is 0. The fraction of sp³-hybridized carbons (Fsp3) is 0.889. The van der Waals surface area contributed by atoms with Crippen LogP contribution < -0.4 is 0 Å². The quantitative estimate of drug-likeness (QED) is 0.369. The number of rotatable bonds is 9. The molecule has 0 heterocycles. The van der Waals surface area contributed by atoms with Gasteiger partial charge in [0.1, 0.15) is 0 Å². The van der Waals surface area contributed by atoms with Gasteiger partial charge in [-0.25, -0.2) is 0 Å². The summed E-state index contributed by atoms with van der Waals surface area (Å²) in [6.07, 6.45) is 3.37. The average Bonchev–Trinajstić information content (AvgIpc) is 2.25. The number of hydrogen-bond donors (Lipinski definition) is 0. The van der Waals surface area contributed by atoms with Crippen LogP contribution in [0.4, 0.5) is 0 Å². The van der Waals surface area contributed by atoms with Gasteiger partial charge in [-0.3, -0.25) is 14.0 Å². The molecule has 0 aromatic rings. The van der Waals surface area contributed by atoms with Crippen molar-refractivity contribution >= 4 is 36.3 Å². The molecule has 4 nitrogen and oxygen atoms in total. The first kappa shape index (κ1) is 16.4. The largest absolute Gasteiger partial charge is 0.356 e. The predicted octanol–water partition coefficient (Wildman–Crippen LogP) is 3.44. The lowest BCUT2D eigenvalue weighted by molar-refractivity contribution is -0.113. The van der Waals surface area contributed by atoms with Crippen LogP contribution in [0.5, 0.6) is 0 Å². The summed E-state index contributed by atoms with van der Waals surface area (Å²) in [4.78, 5) is 10.9. The van der Waals surface area contributed by atoms with Crippen molar-refractivity contribution in [3.63, 3.8) is 0 Å². The number of carbonyl (C=O) groups excluding carboxylic acids is 1. The van der Waals surface area contributed by atoms with Crippen LogP contribution in [0.15, 0.2) is 0 Å². The van der Waals surface area contributed by atoms with E-state index in [1.54, 1.807) is 6.92 Å². The molecule has 0 aliphatic carbocycles. The summed E-state index contributed by atoms with van der Waals surface area (Å²) >= 11 is 2.71. The Bertz CT molecular complexity index is 253. The summed E-state index contributed by atoms with van der Waals surface area (Å²) in [5, 5.41) is 0.210. The van der Waals surface area contributed by atoms with Gasteiger partial charge in [0.2, 0.25) is 6.41 Å². The molecule has 0 fully saturated rings. The first-order valence-electron chi connectivity index (χ1n) is 5.18. The Morgan fingerprint density at radius 1 is 1.50 bits per heavy atom. The van der Waals surface area contributed by atoms with Crippen LogP contribution in [0, 0.1) is 0 Å². The molecule has 0 aromatic heterocycles. The van der Waals surface area contributed by atoms with Gasteiger partial charge in [0.25, 0.3) is 0 Å². The summed E-state index contributed by atoms with van der Waals surface area (Å²) in [6.45, 7) is 3.08. The van der Waals surface area contributed by atoms with Crippen molar-refractivity contribution in [3.8, 4) is 0 Å². The average molecular weight is 285 g/mol. The molecule has 0 spiro atoms. The summed E-state index contributed by atoms with van der Waals surface area (Å²) in [5.74, 6) is 0.393. The molecule has 0 aromatic carbocycles. The van der Waals surface area contributed by atoms with Crippen molar-refractivity contribution in [1.29, 1.82) is 0 Å². The Balaban J connectivity index is 4.76. The Kier molecular flexibility index (Phi) is 8.64. The molecule has 0 saturated heterocycles. The molecule has 16 heavy (non-hydrogen) atoms. The summed E-state index contributed by atoms with van der Waals surface area (Å²) < 4.78 is 19.1. The molecular weight excluding hydrogens is 265 g/mol. The molecule has 0 bridgehead atoms. The molecule has 0 N–H and O–H groups in total. The van der Waals surface area contributed by atoms with E-state index in [4.69, 9.17) is 4.52 Å². The standard InChI is InChI=1S/C9H20NO3PS2/c1-5-9(3)16-14(12,13-6-2)10(7-11)8-15-4/h7,9H,5-6,8H2,1-4H3. The summed E-state index contributed by atoms with van der Waals surface area (Å²) in [7, 11) is 0. The van der Waals surface area contributed by atoms with E-state index in [9.17, 15) is 9.36 Å². The van der Waals surface area contributed by atoms with Crippen molar-refractivity contribution in [3.05, 3.63) is 0 Å². The van der Waals surface area contributed by atoms with Crippen molar-refractivity contribution in [2.45, 2.75) is 32.4 Å². The molecule has 0 aliphatic heterocycles. The molecule has 0 rings (SSSR count). The van der Waals surface area contributed by atoms with Gasteiger partial charge in [0.05, 0.1) is 12.5 Å². The van der Waals surface area contributed by atoms with Gasteiger partial charge in [-0.1, -0.05) is 13.8 Å². The van der Waals surface area contributed by atoms with Crippen LogP contribution >= 0.6 is 29.9 Å². The van der Waals surface area contributed by atoms with Crippen LogP contribution in [-0.4, -0.2) is 35.1 Å². The SMILES string of the molecule is CCOP(=O)(SC(C)CC)N(C=O)CSC. The van der Waals surface area contributed by atoms with Gasteiger partial charge < -0.3 is 4.52 Å². The smallest absolute Gasteiger partial charge is 0.306 e. The van der Waals surface area contributed by atoms with Gasteiger partial charge in [0, 0.05) is 5.25 Å². The van der Waals surface area contributed by atoms with Crippen LogP contribution in [0.3, 0.4) is 0 Å². The summed E-state index contributed by atoms with van der Waals surface area (Å²) in [5.41, 5.74) is 0. The molecule has 1 amide bonds. The van der Waals surface area contributed by atoms with Crippen molar-refractivity contribution in [1.82, 2.24) is 4.67 Å². The molecule has 7 heteroatoms. The molecule has 2 atom stereocenters. The highest BCUT2D eigenvalue weighted by atomic mass is 32.7. The van der Waals surface area contributed by atoms with Gasteiger partial charge in [-0.15, -0.1) is 11.8 Å². The topological polar surface area (TPSA) is 46.6 Å². The van der Waals surface area contributed by atoms with Crippen molar-refractivity contribution in [2.75, 3.05) is 18.7 Å². The third-order valence-electron chi connectivity index (χ3n) is 1.88. The second-order valence-electron chi connectivity index (χ2n) is 3.17. The second-order valence-corrected chi connectivity index (χ2v) is 8.75. The maximum Gasteiger partial charge on any atom is 0.356 e. The van der Waals surface area contributed by atoms with Crippen LogP contribution in [0.2, 0.25) is 0 Å². The van der Waals surface area contributed by atoms with E-state index < -0.39 is 6.72 Å². The maximum atomic E-state index is 12.5. The molecule has 0 radical (unpaired) electrons. The number of thioether (sulfide) groups is 1. The van der Waals surface area contributed by atoms with Crippen LogP contribution in [0.1, 0.15) is 27.2 Å². The van der Waals surface area contributed by atoms with Gasteiger partial charge in [-0.05, 0) is 31.0 Å². The van der Waals surface area contributed by atoms with Gasteiger partial charge in [-0.2, -0.15) is 0 Å². The molecular formula is C9H20NO3PS2. The minimum absolute atomic E-state index is 0.210. The third-order valence-corrected chi connectivity index (χ3v) is 7.84. The number of amides is 1. The van der Waals surface area contributed by atoms with E-state index in [1.165, 1.54) is 27.8 Å². The minimum Gasteiger partial charge on any atom is -0.306 e. The van der Waals surface area contributed by atoms with Crippen LogP contribution in [0.25, 0.3) is 0 Å². The van der Waals surface area contributed by atoms with Gasteiger partial charge in [0.15, 0.2) is 0 Å². The first-order valence-corrected chi connectivity index (χ1v) is 9.64. The number of nitrogens with zero attached hydrogens (tertiary/aromatic N) is 1. The lowest BCUT2D eigenvalue weighted by Crippen LogP contribution is -2.19. The first-order chi connectivity index (χ1) is 7.53. The van der Waals surface area contributed by atoms with Crippen molar-refractivity contribution < 1.29 is 13.9 Å². The predicted molar refractivity (Wildman–Crippen MR) is 72.9 cm³/mol. The van der Waals surface area contributed by atoms with E-state index >= 15 is 0 Å². The Labute approximate surface area is 106 Å². The molecule has 0 aliphatic rings. The molecule has 0 saturated carbocycles. The van der Waals surface area contributed by atoms with Crippen LogP contribution in [-0.2, 0) is 13.9 Å². The zero-order valence-corrected chi connectivity index (χ0v) is 12.7. The highest BCUT2D eigenvalue weighted by molar-refractivity contribution is 8.56. The van der Waals surface area contributed by atoms with E-state index in [0.717, 1.165) is 6.42 Å². The second kappa shape index (κ2) is 8.45. The Morgan fingerprint density at radius 3 is 2.50 bits per heavy atom. The molecule has 2 unspecified atom stereocenters. The normalized spacial score (nSPS) is 16.5. The van der Waals surface area contributed by atoms with E-state index in [-0.39, 0.29) is 5.25 Å². The van der Waals surface area contributed by atoms with E-state index in [2.05, 4.69) is 0 Å². The molecule has 96 valence electrons. The van der Waals surface area contributed by atoms with Gasteiger partial charge >= 0.3 is 6.72 Å². The Hall–Kier alpha value is 0.360. The number of hydrogen-bond acceptors (Lipinski definition) is 5. The number of carbonyl (C=O) groups is 1. The van der Waals surface area contributed by atoms with Crippen molar-refractivity contribution in [2.24, 2.45) is 0 Å². The zero-order valence-electron chi connectivity index (χ0n) is 10.2. The third kappa shape index (κ3) is 5.13. The lowest BCUT2D eigenvalue weighted by Gasteiger charge is -2.27. The highest BCUT2D eigenvalue weighted by Gasteiger charge is 2.33.